The molecule has 0 unspecified atom stereocenters. The van der Waals surface area contributed by atoms with E-state index in [2.05, 4.69) is 6.58 Å². The minimum atomic E-state index is -0.679. The number of esters is 1. The molecule has 4 atom stereocenters. The van der Waals surface area contributed by atoms with Gasteiger partial charge in [-0.05, 0) is 31.8 Å². The van der Waals surface area contributed by atoms with Gasteiger partial charge in [0.05, 0.1) is 18.1 Å². The first-order valence-corrected chi connectivity index (χ1v) is 8.10. The molecule has 3 aliphatic rings. The lowest BCUT2D eigenvalue weighted by molar-refractivity contribution is -0.164. The second-order valence-corrected chi connectivity index (χ2v) is 6.43. The highest BCUT2D eigenvalue weighted by Crippen LogP contribution is 2.51. The number of aliphatic hydroxyl groups excluding tert-OH is 1. The van der Waals surface area contributed by atoms with Crippen LogP contribution in [0, 0.1) is 11.8 Å². The highest BCUT2D eigenvalue weighted by molar-refractivity contribution is 6.00. The minimum Gasteiger partial charge on any atom is -0.457 e. The molecule has 0 aromatic heterocycles. The van der Waals surface area contributed by atoms with Crippen LogP contribution in [0.1, 0.15) is 39.0 Å². The van der Waals surface area contributed by atoms with Crippen molar-refractivity contribution in [3.63, 3.8) is 0 Å². The Labute approximate surface area is 130 Å². The molecule has 0 aromatic carbocycles. The molecular weight excluding hydrogens is 282 g/mol. The van der Waals surface area contributed by atoms with E-state index in [1.54, 1.807) is 11.8 Å². The molecule has 1 N–H and O–H groups in total. The van der Waals surface area contributed by atoms with Gasteiger partial charge in [-0.3, -0.25) is 4.79 Å². The standard InChI is InChI=1S/C17H23NO4/c1-3-9-22-17(21)15-12-8-6-4-5-7-11(12)14-13(10(2)19)16(20)18(14)15/h3,10-11,13-14,19H,1,4-9H2,2H3/t10-,11-,13-,14-/m1/s1. The summed E-state index contributed by atoms with van der Waals surface area (Å²) in [4.78, 5) is 26.4. The first-order valence-electron chi connectivity index (χ1n) is 8.10. The number of hydrogen-bond donors (Lipinski definition) is 1. The van der Waals surface area contributed by atoms with Gasteiger partial charge < -0.3 is 14.7 Å². The molecule has 0 radical (unpaired) electrons. The van der Waals surface area contributed by atoms with E-state index in [0.717, 1.165) is 37.7 Å². The SMILES string of the molecule is C=CCOC(=O)C1=C2CCCCC[C@H]2[C@@H]2[C@@H]([C@@H](C)O)C(=O)N12. The van der Waals surface area contributed by atoms with Crippen molar-refractivity contribution in [3.05, 3.63) is 23.9 Å². The van der Waals surface area contributed by atoms with Crippen molar-refractivity contribution in [2.45, 2.75) is 51.2 Å². The van der Waals surface area contributed by atoms with Crippen LogP contribution in [0.25, 0.3) is 0 Å². The predicted molar refractivity (Wildman–Crippen MR) is 80.6 cm³/mol. The molecule has 3 rings (SSSR count). The number of rotatable bonds is 4. The second kappa shape index (κ2) is 5.88. The zero-order valence-corrected chi connectivity index (χ0v) is 13.0. The highest BCUT2D eigenvalue weighted by atomic mass is 16.5. The number of amides is 1. The summed E-state index contributed by atoms with van der Waals surface area (Å²) in [5, 5.41) is 9.92. The smallest absolute Gasteiger partial charge is 0.355 e. The fraction of sp³-hybridized carbons (Fsp3) is 0.647. The van der Waals surface area contributed by atoms with Crippen molar-refractivity contribution in [2.24, 2.45) is 11.8 Å². The van der Waals surface area contributed by atoms with E-state index in [0.29, 0.717) is 5.70 Å². The maximum Gasteiger partial charge on any atom is 0.355 e. The van der Waals surface area contributed by atoms with Gasteiger partial charge in [0.1, 0.15) is 12.3 Å². The molecule has 0 aromatic rings. The van der Waals surface area contributed by atoms with Crippen LogP contribution in [0.15, 0.2) is 23.9 Å². The van der Waals surface area contributed by atoms with Crippen molar-refractivity contribution in [1.82, 2.24) is 4.90 Å². The number of carbonyl (C=O) groups excluding carboxylic acids is 2. The summed E-state index contributed by atoms with van der Waals surface area (Å²) in [7, 11) is 0. The molecule has 2 aliphatic heterocycles. The van der Waals surface area contributed by atoms with Crippen LogP contribution in [0.2, 0.25) is 0 Å². The number of β-lactam (4-membered cyclic amide) rings is 1. The van der Waals surface area contributed by atoms with E-state index in [9.17, 15) is 14.7 Å². The second-order valence-electron chi connectivity index (χ2n) is 6.43. The van der Waals surface area contributed by atoms with E-state index in [1.165, 1.54) is 6.08 Å². The molecule has 1 saturated carbocycles. The molecule has 0 bridgehead atoms. The third-order valence-electron chi connectivity index (χ3n) is 5.10. The van der Waals surface area contributed by atoms with Crippen LogP contribution in [0.3, 0.4) is 0 Å². The summed E-state index contributed by atoms with van der Waals surface area (Å²) in [6, 6.07) is -0.0631. The van der Waals surface area contributed by atoms with E-state index in [4.69, 9.17) is 4.74 Å². The Hall–Kier alpha value is -1.62. The predicted octanol–water partition coefficient (Wildman–Crippen LogP) is 1.77. The van der Waals surface area contributed by atoms with Crippen molar-refractivity contribution in [2.75, 3.05) is 6.61 Å². The van der Waals surface area contributed by atoms with Gasteiger partial charge in [0.2, 0.25) is 5.91 Å². The molecule has 0 spiro atoms. The van der Waals surface area contributed by atoms with Crippen molar-refractivity contribution in [3.8, 4) is 0 Å². The van der Waals surface area contributed by atoms with Crippen LogP contribution in [-0.4, -0.2) is 40.6 Å². The van der Waals surface area contributed by atoms with Crippen LogP contribution in [0.5, 0.6) is 0 Å². The fourth-order valence-corrected chi connectivity index (χ4v) is 4.19. The van der Waals surface area contributed by atoms with Crippen LogP contribution >= 0.6 is 0 Å². The molecule has 120 valence electrons. The Kier molecular flexibility index (Phi) is 4.08. The lowest BCUT2D eigenvalue weighted by Crippen LogP contribution is -2.63. The Morgan fingerprint density at radius 2 is 2.27 bits per heavy atom. The molecule has 1 saturated heterocycles. The third kappa shape index (κ3) is 2.19. The Morgan fingerprint density at radius 3 is 2.95 bits per heavy atom. The van der Waals surface area contributed by atoms with E-state index in [1.807, 2.05) is 0 Å². The zero-order valence-electron chi connectivity index (χ0n) is 13.0. The lowest BCUT2D eigenvalue weighted by Gasteiger charge is -2.47. The van der Waals surface area contributed by atoms with Gasteiger partial charge in [0.15, 0.2) is 0 Å². The fourth-order valence-electron chi connectivity index (χ4n) is 4.19. The van der Waals surface area contributed by atoms with Crippen LogP contribution < -0.4 is 0 Å². The van der Waals surface area contributed by atoms with E-state index >= 15 is 0 Å². The molecule has 5 heteroatoms. The van der Waals surface area contributed by atoms with E-state index in [-0.39, 0.29) is 30.4 Å². The average Bonchev–Trinajstić information content (AvgIpc) is 2.62. The first-order chi connectivity index (χ1) is 10.6. The lowest BCUT2D eigenvalue weighted by atomic mass is 9.75. The van der Waals surface area contributed by atoms with Gasteiger partial charge in [0.25, 0.3) is 0 Å². The quantitative estimate of drug-likeness (QED) is 0.488. The molecule has 5 nitrogen and oxygen atoms in total. The Morgan fingerprint density at radius 1 is 1.50 bits per heavy atom. The number of carbonyl (C=O) groups is 2. The van der Waals surface area contributed by atoms with E-state index < -0.39 is 12.1 Å². The van der Waals surface area contributed by atoms with Crippen molar-refractivity contribution < 1.29 is 19.4 Å². The molecule has 2 fully saturated rings. The van der Waals surface area contributed by atoms with Crippen LogP contribution in [-0.2, 0) is 14.3 Å². The number of hydrogen-bond acceptors (Lipinski definition) is 4. The van der Waals surface area contributed by atoms with Crippen molar-refractivity contribution >= 4 is 11.9 Å². The first kappa shape index (κ1) is 15.3. The zero-order chi connectivity index (χ0) is 15.9. The third-order valence-corrected chi connectivity index (χ3v) is 5.10. The molecular formula is C17H23NO4. The average molecular weight is 305 g/mol. The molecule has 22 heavy (non-hydrogen) atoms. The maximum absolute atomic E-state index is 12.4. The number of aliphatic hydroxyl groups is 1. The summed E-state index contributed by atoms with van der Waals surface area (Å²) in [6.07, 6.45) is 5.96. The summed E-state index contributed by atoms with van der Waals surface area (Å²) >= 11 is 0. The monoisotopic (exact) mass is 305 g/mol. The largest absolute Gasteiger partial charge is 0.457 e. The molecule has 2 heterocycles. The highest BCUT2D eigenvalue weighted by Gasteiger charge is 2.60. The minimum absolute atomic E-state index is 0.0631. The van der Waals surface area contributed by atoms with Gasteiger partial charge in [-0.1, -0.05) is 25.5 Å². The van der Waals surface area contributed by atoms with Gasteiger partial charge in [0, 0.05) is 5.92 Å². The number of nitrogens with zero attached hydrogens (tertiary/aromatic N) is 1. The van der Waals surface area contributed by atoms with Gasteiger partial charge >= 0.3 is 5.97 Å². The maximum atomic E-state index is 12.4. The topological polar surface area (TPSA) is 66.8 Å². The summed E-state index contributed by atoms with van der Waals surface area (Å²) < 4.78 is 5.19. The van der Waals surface area contributed by atoms with Gasteiger partial charge in [-0.25, -0.2) is 4.79 Å². The number of ether oxygens (including phenoxy) is 1. The normalized spacial score (nSPS) is 31.8. The Balaban J connectivity index is 1.94. The van der Waals surface area contributed by atoms with Gasteiger partial charge in [-0.15, -0.1) is 0 Å². The summed E-state index contributed by atoms with van der Waals surface area (Å²) in [5.41, 5.74) is 1.51. The number of fused-ring (bicyclic) bond motifs is 3. The van der Waals surface area contributed by atoms with Gasteiger partial charge in [-0.2, -0.15) is 0 Å². The van der Waals surface area contributed by atoms with Crippen molar-refractivity contribution in [1.29, 1.82) is 0 Å². The molecule has 1 amide bonds. The van der Waals surface area contributed by atoms with Crippen LogP contribution in [0.4, 0.5) is 0 Å². The summed E-state index contributed by atoms with van der Waals surface area (Å²) in [6.45, 7) is 5.35. The Bertz CT molecular complexity index is 537. The summed E-state index contributed by atoms with van der Waals surface area (Å²) in [5.74, 6) is -0.762. The molecule has 1 aliphatic carbocycles.